The van der Waals surface area contributed by atoms with Crippen molar-refractivity contribution in [3.8, 4) is 0 Å². The predicted molar refractivity (Wildman–Crippen MR) is 65.8 cm³/mol. The van der Waals surface area contributed by atoms with Gasteiger partial charge >= 0.3 is 6.18 Å². The van der Waals surface area contributed by atoms with Crippen LogP contribution in [0.15, 0.2) is 24.3 Å². The molecule has 1 fully saturated rings. The lowest BCUT2D eigenvalue weighted by atomic mass is 10.2. The van der Waals surface area contributed by atoms with Crippen LogP contribution < -0.4 is 5.32 Å². The van der Waals surface area contributed by atoms with Gasteiger partial charge in [-0.3, -0.25) is 0 Å². The second-order valence-electron chi connectivity index (χ2n) is 4.74. The van der Waals surface area contributed by atoms with Crippen LogP contribution >= 0.6 is 0 Å². The summed E-state index contributed by atoms with van der Waals surface area (Å²) in [5.74, 6) is -0.266. The van der Waals surface area contributed by atoms with Gasteiger partial charge in [0.05, 0.1) is 5.52 Å². The molecule has 1 aromatic carbocycles. The number of anilines is 1. The molecule has 1 heterocycles. The van der Waals surface area contributed by atoms with Crippen molar-refractivity contribution in [3.05, 3.63) is 30.1 Å². The van der Waals surface area contributed by atoms with Crippen LogP contribution in [0.25, 0.3) is 10.9 Å². The average Bonchev–Trinajstić information content (AvgIpc) is 3.18. The molecule has 3 nitrogen and oxygen atoms in total. The van der Waals surface area contributed by atoms with Crippen LogP contribution in [0.5, 0.6) is 0 Å². The minimum absolute atomic E-state index is 0.268. The van der Waals surface area contributed by atoms with Gasteiger partial charge in [-0.2, -0.15) is 13.2 Å². The summed E-state index contributed by atoms with van der Waals surface area (Å²) < 4.78 is 38.3. The molecule has 0 amide bonds. The van der Waals surface area contributed by atoms with Crippen molar-refractivity contribution in [1.82, 2.24) is 9.97 Å². The summed E-state index contributed by atoms with van der Waals surface area (Å²) in [6.07, 6.45) is -2.27. The smallest absolute Gasteiger partial charge is 0.369 e. The zero-order chi connectivity index (χ0) is 13.5. The monoisotopic (exact) mass is 267 g/mol. The van der Waals surface area contributed by atoms with E-state index < -0.39 is 12.0 Å². The molecule has 0 saturated heterocycles. The van der Waals surface area contributed by atoms with Crippen LogP contribution in [0.3, 0.4) is 0 Å². The number of nitrogens with one attached hydrogen (secondary N) is 1. The van der Waals surface area contributed by atoms with E-state index in [-0.39, 0.29) is 5.82 Å². The lowest BCUT2D eigenvalue weighted by Gasteiger charge is -2.11. The maximum atomic E-state index is 12.8. The van der Waals surface area contributed by atoms with Crippen molar-refractivity contribution in [2.45, 2.75) is 19.0 Å². The molecule has 0 spiro atoms. The van der Waals surface area contributed by atoms with E-state index >= 15 is 0 Å². The summed E-state index contributed by atoms with van der Waals surface area (Å²) in [6.45, 7) is 0.665. The molecule has 0 unspecified atom stereocenters. The lowest BCUT2D eigenvalue weighted by molar-refractivity contribution is -0.144. The molecule has 0 bridgehead atoms. The molecule has 1 aliphatic carbocycles. The summed E-state index contributed by atoms with van der Waals surface area (Å²) in [5, 5.41) is 3.63. The van der Waals surface area contributed by atoms with Gasteiger partial charge in [-0.25, -0.2) is 9.97 Å². The second kappa shape index (κ2) is 4.36. The Kier molecular flexibility index (Phi) is 2.80. The minimum Gasteiger partial charge on any atom is -0.369 e. The average molecular weight is 267 g/mol. The Morgan fingerprint density at radius 2 is 1.89 bits per heavy atom. The van der Waals surface area contributed by atoms with Gasteiger partial charge in [0.2, 0.25) is 5.82 Å². The third-order valence-corrected chi connectivity index (χ3v) is 3.11. The normalized spacial score (nSPS) is 15.7. The highest BCUT2D eigenvalue weighted by atomic mass is 19.4. The molecule has 100 valence electrons. The van der Waals surface area contributed by atoms with E-state index in [0.717, 1.165) is 12.8 Å². The van der Waals surface area contributed by atoms with Gasteiger partial charge in [0.25, 0.3) is 0 Å². The van der Waals surface area contributed by atoms with Crippen molar-refractivity contribution in [1.29, 1.82) is 0 Å². The summed E-state index contributed by atoms with van der Waals surface area (Å²) in [4.78, 5) is 7.20. The molecule has 2 aromatic rings. The van der Waals surface area contributed by atoms with Gasteiger partial charge in [-0.15, -0.1) is 0 Å². The number of para-hydroxylation sites is 1. The Hall–Kier alpha value is -1.85. The topological polar surface area (TPSA) is 37.8 Å². The number of aromatic nitrogens is 2. The molecular formula is C13H12F3N3. The minimum atomic E-state index is -4.53. The van der Waals surface area contributed by atoms with Gasteiger partial charge in [0.15, 0.2) is 0 Å². The van der Waals surface area contributed by atoms with E-state index in [9.17, 15) is 13.2 Å². The first-order chi connectivity index (χ1) is 9.04. The first-order valence-electron chi connectivity index (χ1n) is 6.12. The Morgan fingerprint density at radius 3 is 2.58 bits per heavy atom. The number of rotatable bonds is 3. The molecule has 0 atom stereocenters. The van der Waals surface area contributed by atoms with Crippen LogP contribution in [-0.4, -0.2) is 16.5 Å². The van der Waals surface area contributed by atoms with Crippen LogP contribution in [-0.2, 0) is 6.18 Å². The highest BCUT2D eigenvalue weighted by molar-refractivity contribution is 5.89. The summed E-state index contributed by atoms with van der Waals surface area (Å²) >= 11 is 0. The van der Waals surface area contributed by atoms with Crippen molar-refractivity contribution in [3.63, 3.8) is 0 Å². The molecule has 1 N–H and O–H groups in total. The zero-order valence-electron chi connectivity index (χ0n) is 10.0. The van der Waals surface area contributed by atoms with Crippen molar-refractivity contribution in [2.75, 3.05) is 11.9 Å². The van der Waals surface area contributed by atoms with E-state index in [1.54, 1.807) is 24.3 Å². The third kappa shape index (κ3) is 2.62. The summed E-state index contributed by atoms with van der Waals surface area (Å²) in [5.41, 5.74) is 0.308. The SMILES string of the molecule is FC(F)(F)c1nc(NCC2CC2)c2ccccc2n1. The molecule has 1 saturated carbocycles. The van der Waals surface area contributed by atoms with E-state index in [1.807, 2.05) is 0 Å². The maximum absolute atomic E-state index is 12.8. The Balaban J connectivity index is 2.04. The Morgan fingerprint density at radius 1 is 1.16 bits per heavy atom. The highest BCUT2D eigenvalue weighted by Gasteiger charge is 2.35. The maximum Gasteiger partial charge on any atom is 0.451 e. The summed E-state index contributed by atoms with van der Waals surface area (Å²) in [6, 6.07) is 6.72. The molecule has 6 heteroatoms. The van der Waals surface area contributed by atoms with Crippen LogP contribution in [0.2, 0.25) is 0 Å². The van der Waals surface area contributed by atoms with Crippen molar-refractivity contribution < 1.29 is 13.2 Å². The van der Waals surface area contributed by atoms with E-state index in [1.165, 1.54) is 0 Å². The quantitative estimate of drug-likeness (QED) is 0.925. The molecule has 1 aliphatic rings. The largest absolute Gasteiger partial charge is 0.451 e. The molecule has 0 aliphatic heterocycles. The van der Waals surface area contributed by atoms with Crippen LogP contribution in [0.4, 0.5) is 19.0 Å². The van der Waals surface area contributed by atoms with Crippen molar-refractivity contribution >= 4 is 16.7 Å². The first kappa shape index (κ1) is 12.2. The number of halogens is 3. The predicted octanol–water partition coefficient (Wildman–Crippen LogP) is 3.47. The number of fused-ring (bicyclic) bond motifs is 1. The van der Waals surface area contributed by atoms with Gasteiger partial charge in [-0.05, 0) is 30.9 Å². The van der Waals surface area contributed by atoms with E-state index in [0.29, 0.717) is 23.4 Å². The third-order valence-electron chi connectivity index (χ3n) is 3.11. The van der Waals surface area contributed by atoms with Gasteiger partial charge in [0.1, 0.15) is 5.82 Å². The van der Waals surface area contributed by atoms with Gasteiger partial charge in [-0.1, -0.05) is 12.1 Å². The van der Waals surface area contributed by atoms with Crippen molar-refractivity contribution in [2.24, 2.45) is 5.92 Å². The molecular weight excluding hydrogens is 255 g/mol. The lowest BCUT2D eigenvalue weighted by Crippen LogP contribution is -2.14. The van der Waals surface area contributed by atoms with E-state index in [2.05, 4.69) is 15.3 Å². The van der Waals surface area contributed by atoms with Gasteiger partial charge < -0.3 is 5.32 Å². The summed E-state index contributed by atoms with van der Waals surface area (Å²) in [7, 11) is 0. The molecule has 1 aromatic heterocycles. The number of nitrogens with zero attached hydrogens (tertiary/aromatic N) is 2. The molecule has 3 rings (SSSR count). The zero-order valence-corrected chi connectivity index (χ0v) is 10.0. The van der Waals surface area contributed by atoms with Crippen LogP contribution in [0, 0.1) is 5.92 Å². The fourth-order valence-electron chi connectivity index (χ4n) is 1.90. The number of benzene rings is 1. The Labute approximate surface area is 107 Å². The molecule has 0 radical (unpaired) electrons. The van der Waals surface area contributed by atoms with Crippen LogP contribution in [0.1, 0.15) is 18.7 Å². The Bertz CT molecular complexity index is 606. The molecule has 19 heavy (non-hydrogen) atoms. The number of alkyl halides is 3. The fourth-order valence-corrected chi connectivity index (χ4v) is 1.90. The van der Waals surface area contributed by atoms with Gasteiger partial charge in [0, 0.05) is 11.9 Å². The standard InChI is InChI=1S/C13H12F3N3/c14-13(15,16)12-18-10-4-2-1-3-9(10)11(19-12)17-7-8-5-6-8/h1-4,8H,5-7H2,(H,17,18,19). The van der Waals surface area contributed by atoms with E-state index in [4.69, 9.17) is 0 Å². The highest BCUT2D eigenvalue weighted by Crippen LogP contribution is 2.32. The second-order valence-corrected chi connectivity index (χ2v) is 4.74. The number of hydrogen-bond acceptors (Lipinski definition) is 3. The first-order valence-corrected chi connectivity index (χ1v) is 6.12. The fraction of sp³-hybridized carbons (Fsp3) is 0.385. The number of hydrogen-bond donors (Lipinski definition) is 1.